The first-order chi connectivity index (χ1) is 7.86. The number of fused-ring (bicyclic) bond motifs is 1. The van der Waals surface area contributed by atoms with Gasteiger partial charge in [0.2, 0.25) is 0 Å². The molecule has 0 spiro atoms. The summed E-state index contributed by atoms with van der Waals surface area (Å²) in [4.78, 5) is 3.91. The molecule has 3 rings (SSSR count). The van der Waals surface area contributed by atoms with E-state index in [9.17, 15) is 4.39 Å². The highest BCUT2D eigenvalue weighted by atomic mass is 32.1. The van der Waals surface area contributed by atoms with Crippen LogP contribution in [-0.2, 0) is 0 Å². The fourth-order valence-corrected chi connectivity index (χ4v) is 2.84. The van der Waals surface area contributed by atoms with Crippen molar-refractivity contribution in [2.24, 2.45) is 4.99 Å². The predicted molar refractivity (Wildman–Crippen MR) is 65.3 cm³/mol. The minimum absolute atomic E-state index is 0.117. The Kier molecular flexibility index (Phi) is 2.22. The molecule has 1 unspecified atom stereocenters. The van der Waals surface area contributed by atoms with E-state index in [0.717, 1.165) is 10.1 Å². The molecule has 1 atom stereocenters. The summed E-state index contributed by atoms with van der Waals surface area (Å²) in [6.45, 7) is 0. The standard InChI is InChI=1S/C12H9FN2S/c13-12-11(9-5-6-14-7-15-9)8-3-1-2-4-10(8)16-12/h1-7,9H,(H,14,15). The number of aliphatic imine (C=N–C) groups is 1. The first-order valence-electron chi connectivity index (χ1n) is 4.97. The molecule has 80 valence electrons. The van der Waals surface area contributed by atoms with E-state index in [0.29, 0.717) is 5.56 Å². The van der Waals surface area contributed by atoms with Gasteiger partial charge in [0.15, 0.2) is 5.13 Å². The molecule has 0 bridgehead atoms. The van der Waals surface area contributed by atoms with Gasteiger partial charge < -0.3 is 5.32 Å². The Balaban J connectivity index is 2.18. The molecule has 0 radical (unpaired) electrons. The van der Waals surface area contributed by atoms with Crippen LogP contribution in [0.25, 0.3) is 10.1 Å². The average Bonchev–Trinajstić information content (AvgIpc) is 2.66. The summed E-state index contributed by atoms with van der Waals surface area (Å²) in [5, 5.41) is 3.89. The molecular formula is C12H9FN2S. The minimum Gasteiger partial charge on any atom is -0.366 e. The fourth-order valence-electron chi connectivity index (χ4n) is 1.86. The lowest BCUT2D eigenvalue weighted by molar-refractivity contribution is 0.624. The van der Waals surface area contributed by atoms with E-state index in [1.54, 1.807) is 12.5 Å². The van der Waals surface area contributed by atoms with Crippen LogP contribution in [0.15, 0.2) is 41.5 Å². The number of hydrogen-bond donors (Lipinski definition) is 1. The third-order valence-electron chi connectivity index (χ3n) is 2.59. The SMILES string of the molecule is Fc1sc2ccccc2c1C1C=CN=CN1. The van der Waals surface area contributed by atoms with E-state index < -0.39 is 0 Å². The molecule has 0 saturated heterocycles. The second-order valence-electron chi connectivity index (χ2n) is 3.55. The highest BCUT2D eigenvalue weighted by molar-refractivity contribution is 7.17. The van der Waals surface area contributed by atoms with Crippen molar-refractivity contribution in [3.63, 3.8) is 0 Å². The van der Waals surface area contributed by atoms with Gasteiger partial charge in [-0.2, -0.15) is 4.39 Å². The molecule has 1 aromatic heterocycles. The minimum atomic E-state index is -0.126. The topological polar surface area (TPSA) is 24.4 Å². The van der Waals surface area contributed by atoms with Crippen LogP contribution in [0.2, 0.25) is 0 Å². The van der Waals surface area contributed by atoms with Gasteiger partial charge in [-0.3, -0.25) is 0 Å². The Hall–Kier alpha value is -1.68. The smallest absolute Gasteiger partial charge is 0.183 e. The summed E-state index contributed by atoms with van der Waals surface area (Å²) < 4.78 is 14.9. The van der Waals surface area contributed by atoms with E-state index in [2.05, 4.69) is 10.3 Å². The Bertz CT molecular complexity index is 586. The molecule has 0 aliphatic carbocycles. The Morgan fingerprint density at radius 1 is 1.31 bits per heavy atom. The molecule has 0 amide bonds. The van der Waals surface area contributed by atoms with Gasteiger partial charge in [0.05, 0.1) is 12.4 Å². The summed E-state index contributed by atoms with van der Waals surface area (Å²) in [6, 6.07) is 7.62. The number of thiophene rings is 1. The van der Waals surface area contributed by atoms with Crippen molar-refractivity contribution in [2.45, 2.75) is 6.04 Å². The van der Waals surface area contributed by atoms with Gasteiger partial charge in [-0.05, 0) is 12.1 Å². The van der Waals surface area contributed by atoms with Crippen molar-refractivity contribution in [3.8, 4) is 0 Å². The predicted octanol–water partition coefficient (Wildman–Crippen LogP) is 3.23. The van der Waals surface area contributed by atoms with Gasteiger partial charge in [-0.25, -0.2) is 4.99 Å². The van der Waals surface area contributed by atoms with Crippen molar-refractivity contribution in [1.29, 1.82) is 0 Å². The summed E-state index contributed by atoms with van der Waals surface area (Å²) >= 11 is 1.19. The van der Waals surface area contributed by atoms with Crippen molar-refractivity contribution >= 4 is 27.8 Å². The van der Waals surface area contributed by atoms with Crippen LogP contribution < -0.4 is 5.32 Å². The van der Waals surface area contributed by atoms with Gasteiger partial charge in [0, 0.05) is 21.8 Å². The van der Waals surface area contributed by atoms with E-state index in [-0.39, 0.29) is 11.2 Å². The molecule has 16 heavy (non-hydrogen) atoms. The van der Waals surface area contributed by atoms with Crippen molar-refractivity contribution in [1.82, 2.24) is 5.32 Å². The molecule has 2 aromatic rings. The Morgan fingerprint density at radius 2 is 2.19 bits per heavy atom. The molecule has 2 heterocycles. The lowest BCUT2D eigenvalue weighted by Crippen LogP contribution is -2.20. The lowest BCUT2D eigenvalue weighted by atomic mass is 10.1. The van der Waals surface area contributed by atoms with Crippen LogP contribution in [-0.4, -0.2) is 6.34 Å². The summed E-state index contributed by atoms with van der Waals surface area (Å²) in [7, 11) is 0. The van der Waals surface area contributed by atoms with Gasteiger partial charge in [-0.15, -0.1) is 11.3 Å². The Labute approximate surface area is 96.1 Å². The quantitative estimate of drug-likeness (QED) is 0.802. The molecule has 1 aliphatic rings. The third-order valence-corrected chi connectivity index (χ3v) is 3.57. The van der Waals surface area contributed by atoms with Gasteiger partial charge in [0.25, 0.3) is 0 Å². The fraction of sp³-hybridized carbons (Fsp3) is 0.0833. The van der Waals surface area contributed by atoms with Gasteiger partial charge >= 0.3 is 0 Å². The number of nitrogens with zero attached hydrogens (tertiary/aromatic N) is 1. The summed E-state index contributed by atoms with van der Waals surface area (Å²) in [5.41, 5.74) is 0.711. The third kappa shape index (κ3) is 1.42. The second-order valence-corrected chi connectivity index (χ2v) is 4.55. The monoisotopic (exact) mass is 232 g/mol. The van der Waals surface area contributed by atoms with E-state index >= 15 is 0 Å². The van der Waals surface area contributed by atoms with E-state index in [4.69, 9.17) is 0 Å². The molecule has 4 heteroatoms. The molecule has 1 aromatic carbocycles. The molecule has 0 fully saturated rings. The van der Waals surface area contributed by atoms with E-state index in [1.165, 1.54) is 11.3 Å². The van der Waals surface area contributed by atoms with Crippen LogP contribution in [0, 0.1) is 5.13 Å². The summed E-state index contributed by atoms with van der Waals surface area (Å²) in [5.74, 6) is 0. The van der Waals surface area contributed by atoms with Crippen LogP contribution >= 0.6 is 11.3 Å². The zero-order chi connectivity index (χ0) is 11.0. The number of nitrogens with one attached hydrogen (secondary N) is 1. The van der Waals surface area contributed by atoms with Gasteiger partial charge in [0.1, 0.15) is 0 Å². The van der Waals surface area contributed by atoms with E-state index in [1.807, 2.05) is 30.3 Å². The second kappa shape index (κ2) is 3.72. The van der Waals surface area contributed by atoms with Crippen LogP contribution in [0.5, 0.6) is 0 Å². The van der Waals surface area contributed by atoms with Crippen LogP contribution in [0.4, 0.5) is 4.39 Å². The molecule has 2 nitrogen and oxygen atoms in total. The molecule has 1 N–H and O–H groups in total. The zero-order valence-electron chi connectivity index (χ0n) is 8.35. The number of rotatable bonds is 1. The number of hydrogen-bond acceptors (Lipinski definition) is 3. The largest absolute Gasteiger partial charge is 0.366 e. The lowest BCUT2D eigenvalue weighted by Gasteiger charge is -2.14. The highest BCUT2D eigenvalue weighted by Crippen LogP contribution is 2.34. The van der Waals surface area contributed by atoms with Crippen molar-refractivity contribution < 1.29 is 4.39 Å². The first-order valence-corrected chi connectivity index (χ1v) is 5.79. The maximum Gasteiger partial charge on any atom is 0.183 e. The number of halogens is 1. The van der Waals surface area contributed by atoms with Crippen molar-refractivity contribution in [2.75, 3.05) is 0 Å². The van der Waals surface area contributed by atoms with Crippen molar-refractivity contribution in [3.05, 3.63) is 47.2 Å². The van der Waals surface area contributed by atoms with Crippen LogP contribution in [0.3, 0.4) is 0 Å². The van der Waals surface area contributed by atoms with Gasteiger partial charge in [-0.1, -0.05) is 18.2 Å². The zero-order valence-corrected chi connectivity index (χ0v) is 9.17. The summed E-state index contributed by atoms with van der Waals surface area (Å²) in [6.07, 6.45) is 5.14. The Morgan fingerprint density at radius 3 is 3.00 bits per heavy atom. The average molecular weight is 232 g/mol. The molecule has 0 saturated carbocycles. The van der Waals surface area contributed by atoms with Crippen LogP contribution in [0.1, 0.15) is 11.6 Å². The maximum absolute atomic E-state index is 13.9. The normalized spacial score (nSPS) is 18.9. The highest BCUT2D eigenvalue weighted by Gasteiger charge is 2.19. The molecule has 1 aliphatic heterocycles. The molecular weight excluding hydrogens is 223 g/mol. The number of benzene rings is 1. The first kappa shape index (κ1) is 9.54. The maximum atomic E-state index is 13.9.